The van der Waals surface area contributed by atoms with Crippen molar-refractivity contribution in [3.63, 3.8) is 0 Å². The first-order chi connectivity index (χ1) is 18.0. The van der Waals surface area contributed by atoms with Crippen molar-refractivity contribution in [2.24, 2.45) is 16.9 Å². The standard InChI is InChI=1S/C29H20ClN5OS/c1-18-7-9-19(10-8-18)24-17-37-29(33-24)35-28(36)26(27(34-35)21-5-3-2-4-6-21)25(22(15-31)16-32)20-11-13-23(30)14-12-20/h2-14,17,22,25-26H,1H3/t25-,26-/m0/s1. The molecule has 0 unspecified atom stereocenters. The van der Waals surface area contributed by atoms with Crippen LogP contribution in [0.15, 0.2) is 89.3 Å². The Labute approximate surface area is 223 Å². The highest BCUT2D eigenvalue weighted by atomic mass is 35.5. The smallest absolute Gasteiger partial charge is 0.259 e. The minimum absolute atomic E-state index is 0.334. The number of carbonyl (C=O) groups excluding carboxylic acids is 1. The van der Waals surface area contributed by atoms with Gasteiger partial charge >= 0.3 is 0 Å². The van der Waals surface area contributed by atoms with Crippen LogP contribution in [0.4, 0.5) is 5.13 Å². The molecule has 3 aromatic carbocycles. The first-order valence-corrected chi connectivity index (χ1v) is 12.8. The Hall–Kier alpha value is -4.30. The minimum atomic E-state index is -1.08. The lowest BCUT2D eigenvalue weighted by atomic mass is 9.74. The fourth-order valence-electron chi connectivity index (χ4n) is 4.45. The molecule has 1 aromatic heterocycles. The highest BCUT2D eigenvalue weighted by Gasteiger charge is 2.47. The lowest BCUT2D eigenvalue weighted by molar-refractivity contribution is -0.120. The number of hydrazone groups is 1. The van der Waals surface area contributed by atoms with E-state index in [-0.39, 0.29) is 5.91 Å². The Bertz CT molecular complexity index is 1540. The highest BCUT2D eigenvalue weighted by Crippen LogP contribution is 2.41. The molecule has 0 radical (unpaired) electrons. The van der Waals surface area contributed by atoms with E-state index < -0.39 is 17.8 Å². The summed E-state index contributed by atoms with van der Waals surface area (Å²) in [7, 11) is 0. The molecule has 6 nitrogen and oxygen atoms in total. The highest BCUT2D eigenvalue weighted by molar-refractivity contribution is 7.14. The molecule has 180 valence electrons. The van der Waals surface area contributed by atoms with E-state index in [9.17, 15) is 15.3 Å². The van der Waals surface area contributed by atoms with Gasteiger partial charge in [0.25, 0.3) is 5.91 Å². The first kappa shape index (κ1) is 24.4. The molecular formula is C29H20ClN5OS. The molecule has 0 bridgehead atoms. The lowest BCUT2D eigenvalue weighted by Gasteiger charge is -2.25. The van der Waals surface area contributed by atoms with Crippen molar-refractivity contribution in [1.29, 1.82) is 10.5 Å². The van der Waals surface area contributed by atoms with E-state index in [1.807, 2.05) is 66.9 Å². The molecule has 0 aliphatic carbocycles. The predicted octanol–water partition coefficient (Wildman–Crippen LogP) is 6.59. The van der Waals surface area contributed by atoms with Crippen molar-refractivity contribution in [3.05, 3.63) is 106 Å². The van der Waals surface area contributed by atoms with Crippen LogP contribution in [-0.4, -0.2) is 16.6 Å². The molecule has 1 aliphatic rings. The van der Waals surface area contributed by atoms with Gasteiger partial charge in [0.05, 0.1) is 29.5 Å². The fraction of sp³-hybridized carbons (Fsp3) is 0.138. The van der Waals surface area contributed by atoms with Crippen LogP contribution in [0.1, 0.15) is 22.6 Å². The molecule has 0 saturated heterocycles. The summed E-state index contributed by atoms with van der Waals surface area (Å²) in [6.45, 7) is 2.02. The predicted molar refractivity (Wildman–Crippen MR) is 145 cm³/mol. The Balaban J connectivity index is 1.61. The molecule has 0 saturated carbocycles. The van der Waals surface area contributed by atoms with Gasteiger partial charge in [0, 0.05) is 21.9 Å². The molecular weight excluding hydrogens is 502 g/mol. The zero-order valence-corrected chi connectivity index (χ0v) is 21.3. The third kappa shape index (κ3) is 4.75. The fourth-order valence-corrected chi connectivity index (χ4v) is 5.36. The number of benzene rings is 3. The van der Waals surface area contributed by atoms with Crippen LogP contribution in [0.25, 0.3) is 11.3 Å². The summed E-state index contributed by atoms with van der Waals surface area (Å²) >= 11 is 7.42. The minimum Gasteiger partial charge on any atom is -0.272 e. The topological polar surface area (TPSA) is 93.1 Å². The van der Waals surface area contributed by atoms with Crippen LogP contribution in [-0.2, 0) is 4.79 Å². The number of hydrogen-bond acceptors (Lipinski definition) is 6. The van der Waals surface area contributed by atoms with Gasteiger partial charge in [0.15, 0.2) is 0 Å². The second-order valence-electron chi connectivity index (χ2n) is 8.67. The molecule has 5 rings (SSSR count). The summed E-state index contributed by atoms with van der Waals surface area (Å²) in [5.74, 6) is -3.03. The number of hydrogen-bond donors (Lipinski definition) is 0. The number of rotatable bonds is 6. The molecule has 1 aliphatic heterocycles. The second-order valence-corrected chi connectivity index (χ2v) is 9.95. The summed E-state index contributed by atoms with van der Waals surface area (Å²) < 4.78 is 0. The van der Waals surface area contributed by atoms with E-state index in [0.717, 1.165) is 22.4 Å². The SMILES string of the molecule is Cc1ccc(-c2csc(N3N=C(c4ccccc4)[C@H]([C@@H](c4ccc(Cl)cc4)C(C#N)C#N)C3=O)n2)cc1. The summed E-state index contributed by atoms with van der Waals surface area (Å²) in [5, 5.41) is 28.6. The molecule has 8 heteroatoms. The third-order valence-corrected chi connectivity index (χ3v) is 7.39. The summed E-state index contributed by atoms with van der Waals surface area (Å²) in [4.78, 5) is 18.7. The maximum absolute atomic E-state index is 14.0. The van der Waals surface area contributed by atoms with Crippen LogP contribution in [0, 0.1) is 41.4 Å². The molecule has 0 N–H and O–H groups in total. The lowest BCUT2D eigenvalue weighted by Crippen LogP contribution is -2.35. The normalized spacial score (nSPS) is 15.8. The zero-order chi connectivity index (χ0) is 25.9. The van der Waals surface area contributed by atoms with Crippen molar-refractivity contribution >= 4 is 39.7 Å². The van der Waals surface area contributed by atoms with Gasteiger partial charge in [-0.1, -0.05) is 83.9 Å². The van der Waals surface area contributed by atoms with E-state index in [2.05, 4.69) is 12.1 Å². The van der Waals surface area contributed by atoms with Gasteiger partial charge in [-0.15, -0.1) is 11.3 Å². The molecule has 0 spiro atoms. The van der Waals surface area contributed by atoms with Crippen LogP contribution in [0.2, 0.25) is 5.02 Å². The average Bonchev–Trinajstić information content (AvgIpc) is 3.54. The Morgan fingerprint density at radius 1 is 0.946 bits per heavy atom. The van der Waals surface area contributed by atoms with Crippen LogP contribution < -0.4 is 5.01 Å². The summed E-state index contributed by atoms with van der Waals surface area (Å²) in [6, 6.07) is 28.4. The number of nitrogens with zero attached hydrogens (tertiary/aromatic N) is 5. The molecule has 0 fully saturated rings. The van der Waals surface area contributed by atoms with E-state index in [1.165, 1.54) is 16.3 Å². The van der Waals surface area contributed by atoms with Crippen molar-refractivity contribution in [1.82, 2.24) is 4.98 Å². The maximum atomic E-state index is 14.0. The number of halogens is 1. The Morgan fingerprint density at radius 2 is 1.62 bits per heavy atom. The van der Waals surface area contributed by atoms with Gasteiger partial charge in [-0.3, -0.25) is 4.79 Å². The van der Waals surface area contributed by atoms with Crippen molar-refractivity contribution in [2.75, 3.05) is 5.01 Å². The largest absolute Gasteiger partial charge is 0.272 e. The van der Waals surface area contributed by atoms with Gasteiger partial charge in [-0.05, 0) is 30.2 Å². The van der Waals surface area contributed by atoms with Crippen molar-refractivity contribution in [3.8, 4) is 23.4 Å². The van der Waals surface area contributed by atoms with Gasteiger partial charge in [0.2, 0.25) is 5.13 Å². The number of carbonyl (C=O) groups is 1. The number of aromatic nitrogens is 1. The zero-order valence-electron chi connectivity index (χ0n) is 19.7. The molecule has 1 amide bonds. The number of aryl methyl sites for hydroxylation is 1. The molecule has 4 aromatic rings. The summed E-state index contributed by atoms with van der Waals surface area (Å²) in [6.07, 6.45) is 0. The monoisotopic (exact) mass is 521 g/mol. The number of nitriles is 2. The van der Waals surface area contributed by atoms with Gasteiger partial charge in [-0.25, -0.2) is 4.98 Å². The van der Waals surface area contributed by atoms with Gasteiger partial charge < -0.3 is 0 Å². The summed E-state index contributed by atoms with van der Waals surface area (Å²) in [5.41, 5.74) is 4.73. The number of thiazole rings is 1. The second kappa shape index (κ2) is 10.4. The average molecular weight is 522 g/mol. The Kier molecular flexibility index (Phi) is 6.83. The quantitative estimate of drug-likeness (QED) is 0.286. The van der Waals surface area contributed by atoms with Crippen molar-refractivity contribution in [2.45, 2.75) is 12.8 Å². The third-order valence-electron chi connectivity index (χ3n) is 6.32. The number of anilines is 1. The van der Waals surface area contributed by atoms with Crippen LogP contribution in [0.3, 0.4) is 0 Å². The maximum Gasteiger partial charge on any atom is 0.259 e. The van der Waals surface area contributed by atoms with E-state index in [4.69, 9.17) is 21.7 Å². The van der Waals surface area contributed by atoms with Gasteiger partial charge in [-0.2, -0.15) is 20.6 Å². The molecule has 37 heavy (non-hydrogen) atoms. The molecule has 2 atom stereocenters. The first-order valence-electron chi connectivity index (χ1n) is 11.6. The Morgan fingerprint density at radius 3 is 2.27 bits per heavy atom. The molecule has 2 heterocycles. The van der Waals surface area contributed by atoms with E-state index in [1.54, 1.807) is 24.3 Å². The number of amides is 1. The van der Waals surface area contributed by atoms with Crippen LogP contribution >= 0.6 is 22.9 Å². The van der Waals surface area contributed by atoms with E-state index >= 15 is 0 Å². The van der Waals surface area contributed by atoms with Gasteiger partial charge in [0.1, 0.15) is 5.92 Å². The van der Waals surface area contributed by atoms with E-state index in [0.29, 0.717) is 21.4 Å². The van der Waals surface area contributed by atoms with Crippen LogP contribution in [0.5, 0.6) is 0 Å². The van der Waals surface area contributed by atoms with Crippen molar-refractivity contribution < 1.29 is 4.79 Å².